The second kappa shape index (κ2) is 2.25. The SMILES string of the molecule is CC(F)S(=O)O. The van der Waals surface area contributed by atoms with Gasteiger partial charge in [-0.05, 0) is 6.92 Å². The molecule has 2 nitrogen and oxygen atoms in total. The predicted octanol–water partition coefficient (Wildman–Crippen LogP) is 0.524. The van der Waals surface area contributed by atoms with Crippen molar-refractivity contribution in [2.24, 2.45) is 0 Å². The van der Waals surface area contributed by atoms with Crippen LogP contribution in [0.2, 0.25) is 0 Å². The Morgan fingerprint density at radius 1 is 2.00 bits per heavy atom. The lowest BCUT2D eigenvalue weighted by Crippen LogP contribution is -1.99. The molecule has 0 aromatic heterocycles. The molecule has 0 bridgehead atoms. The standard InChI is InChI=1S/C2H5FO2S/c1-2(3)6(4)5/h2H,1H3,(H,4,5). The maximum atomic E-state index is 11.3. The molecule has 2 unspecified atom stereocenters. The molecule has 38 valence electrons. The van der Waals surface area contributed by atoms with Gasteiger partial charge in [-0.25, -0.2) is 8.60 Å². The van der Waals surface area contributed by atoms with E-state index in [1.165, 1.54) is 0 Å². The highest BCUT2D eigenvalue weighted by Crippen LogP contribution is 1.89. The van der Waals surface area contributed by atoms with Gasteiger partial charge in [0.2, 0.25) is 0 Å². The predicted molar refractivity (Wildman–Crippen MR) is 21.3 cm³/mol. The summed E-state index contributed by atoms with van der Waals surface area (Å²) in [4.78, 5) is 0. The molecular formula is C2H5FO2S. The Kier molecular flexibility index (Phi) is 2.27. The van der Waals surface area contributed by atoms with Crippen LogP contribution in [-0.2, 0) is 11.1 Å². The second-order valence-electron chi connectivity index (χ2n) is 0.819. The molecule has 4 heteroatoms. The van der Waals surface area contributed by atoms with E-state index in [0.717, 1.165) is 6.92 Å². The minimum absolute atomic E-state index is 1.02. The summed E-state index contributed by atoms with van der Waals surface area (Å²) in [6, 6.07) is 0. The molecule has 0 aliphatic heterocycles. The zero-order chi connectivity index (χ0) is 5.15. The highest BCUT2D eigenvalue weighted by molar-refractivity contribution is 7.79. The Morgan fingerprint density at radius 3 is 2.17 bits per heavy atom. The van der Waals surface area contributed by atoms with Gasteiger partial charge in [-0.15, -0.1) is 0 Å². The second-order valence-corrected chi connectivity index (χ2v) is 2.02. The molecule has 6 heavy (non-hydrogen) atoms. The Morgan fingerprint density at radius 2 is 2.17 bits per heavy atom. The van der Waals surface area contributed by atoms with Gasteiger partial charge in [-0.3, -0.25) is 0 Å². The van der Waals surface area contributed by atoms with E-state index in [-0.39, 0.29) is 0 Å². The van der Waals surface area contributed by atoms with Crippen molar-refractivity contribution in [1.29, 1.82) is 0 Å². The molecule has 0 aliphatic carbocycles. The Labute approximate surface area is 37.6 Å². The normalized spacial score (nSPS) is 19.8. The molecule has 0 radical (unpaired) electrons. The third-order valence-electron chi connectivity index (χ3n) is 0.278. The molecule has 0 saturated heterocycles. The smallest absolute Gasteiger partial charge is 0.197 e. The summed E-state index contributed by atoms with van der Waals surface area (Å²) in [5.41, 5.74) is -1.62. The van der Waals surface area contributed by atoms with Crippen LogP contribution in [0.15, 0.2) is 0 Å². The molecule has 0 fully saturated rings. The van der Waals surface area contributed by atoms with Crippen LogP contribution in [0.3, 0.4) is 0 Å². The Bertz CT molecular complexity index is 62.6. The van der Waals surface area contributed by atoms with Gasteiger partial charge in [0.25, 0.3) is 0 Å². The van der Waals surface area contributed by atoms with Crippen molar-refractivity contribution in [3.8, 4) is 0 Å². The van der Waals surface area contributed by atoms with Crippen LogP contribution in [0, 0.1) is 0 Å². The zero-order valence-electron chi connectivity index (χ0n) is 3.22. The Hall–Kier alpha value is 0.0400. The lowest BCUT2D eigenvalue weighted by Gasteiger charge is -1.86. The number of alkyl halides is 1. The average molecular weight is 112 g/mol. The maximum absolute atomic E-state index is 11.3. The van der Waals surface area contributed by atoms with Crippen LogP contribution in [0.4, 0.5) is 4.39 Å². The first kappa shape index (κ1) is 6.04. The number of hydrogen-bond donors (Lipinski definition) is 1. The average Bonchev–Trinajstić information content (AvgIpc) is 1.36. The minimum Gasteiger partial charge on any atom is -0.304 e. The van der Waals surface area contributed by atoms with E-state index >= 15 is 0 Å². The number of rotatable bonds is 1. The monoisotopic (exact) mass is 112 g/mol. The Balaban J connectivity index is 3.26. The number of halogens is 1. The fraction of sp³-hybridized carbons (Fsp3) is 1.00. The maximum Gasteiger partial charge on any atom is 0.197 e. The van der Waals surface area contributed by atoms with Crippen LogP contribution < -0.4 is 0 Å². The molecule has 0 amide bonds. The van der Waals surface area contributed by atoms with Crippen molar-refractivity contribution >= 4 is 11.1 Å². The first-order chi connectivity index (χ1) is 2.64. The first-order valence-corrected chi connectivity index (χ1v) is 2.55. The fourth-order valence-corrected chi connectivity index (χ4v) is 0. The number of hydrogen-bond acceptors (Lipinski definition) is 1. The van der Waals surface area contributed by atoms with E-state index in [1.807, 2.05) is 0 Å². The quantitative estimate of drug-likeness (QED) is 0.502. The van der Waals surface area contributed by atoms with Crippen molar-refractivity contribution in [2.45, 2.75) is 12.4 Å². The highest BCUT2D eigenvalue weighted by atomic mass is 32.2. The summed E-state index contributed by atoms with van der Waals surface area (Å²) >= 11 is -2.28. The summed E-state index contributed by atoms with van der Waals surface area (Å²) in [6.07, 6.45) is 0. The largest absolute Gasteiger partial charge is 0.304 e. The van der Waals surface area contributed by atoms with Crippen molar-refractivity contribution in [3.63, 3.8) is 0 Å². The topological polar surface area (TPSA) is 37.3 Å². The van der Waals surface area contributed by atoms with Gasteiger partial charge in [0.05, 0.1) is 0 Å². The van der Waals surface area contributed by atoms with Crippen LogP contribution in [0.5, 0.6) is 0 Å². The molecule has 0 spiro atoms. The molecule has 0 aromatic carbocycles. The van der Waals surface area contributed by atoms with Crippen molar-refractivity contribution in [2.75, 3.05) is 0 Å². The van der Waals surface area contributed by atoms with Crippen molar-refractivity contribution in [3.05, 3.63) is 0 Å². The summed E-state index contributed by atoms with van der Waals surface area (Å²) in [6.45, 7) is 1.02. The fourth-order valence-electron chi connectivity index (χ4n) is 0. The summed E-state index contributed by atoms with van der Waals surface area (Å²) in [7, 11) is 0. The molecule has 0 aliphatic rings. The van der Waals surface area contributed by atoms with Gasteiger partial charge in [-0.2, -0.15) is 0 Å². The third-order valence-corrected chi connectivity index (χ3v) is 0.834. The molecule has 2 atom stereocenters. The van der Waals surface area contributed by atoms with Crippen LogP contribution in [0.25, 0.3) is 0 Å². The van der Waals surface area contributed by atoms with Gasteiger partial charge in [0.1, 0.15) is 0 Å². The third kappa shape index (κ3) is 2.29. The molecule has 0 saturated carbocycles. The van der Waals surface area contributed by atoms with Gasteiger partial charge in [0, 0.05) is 0 Å². The van der Waals surface area contributed by atoms with Crippen LogP contribution in [-0.4, -0.2) is 14.3 Å². The molecular weight excluding hydrogens is 107 g/mol. The van der Waals surface area contributed by atoms with E-state index < -0.39 is 16.6 Å². The summed E-state index contributed by atoms with van der Waals surface area (Å²) < 4.78 is 28.4. The molecule has 1 N–H and O–H groups in total. The van der Waals surface area contributed by atoms with E-state index in [4.69, 9.17) is 4.55 Å². The van der Waals surface area contributed by atoms with Gasteiger partial charge in [0.15, 0.2) is 16.6 Å². The van der Waals surface area contributed by atoms with Crippen molar-refractivity contribution < 1.29 is 13.2 Å². The summed E-state index contributed by atoms with van der Waals surface area (Å²) in [5, 5.41) is 0. The molecule has 0 aromatic rings. The highest BCUT2D eigenvalue weighted by Gasteiger charge is 2.01. The van der Waals surface area contributed by atoms with Crippen molar-refractivity contribution in [1.82, 2.24) is 0 Å². The lowest BCUT2D eigenvalue weighted by molar-refractivity contribution is 0.431. The van der Waals surface area contributed by atoms with E-state index in [0.29, 0.717) is 0 Å². The van der Waals surface area contributed by atoms with E-state index in [9.17, 15) is 8.60 Å². The summed E-state index contributed by atoms with van der Waals surface area (Å²) in [5.74, 6) is 0. The minimum atomic E-state index is -2.28. The molecule has 0 rings (SSSR count). The van der Waals surface area contributed by atoms with Crippen LogP contribution in [0.1, 0.15) is 6.92 Å². The van der Waals surface area contributed by atoms with E-state index in [1.54, 1.807) is 0 Å². The van der Waals surface area contributed by atoms with Gasteiger partial charge < -0.3 is 4.55 Å². The van der Waals surface area contributed by atoms with E-state index in [2.05, 4.69) is 0 Å². The first-order valence-electron chi connectivity index (χ1n) is 1.38. The zero-order valence-corrected chi connectivity index (χ0v) is 4.04. The van der Waals surface area contributed by atoms with Crippen LogP contribution >= 0.6 is 0 Å². The van der Waals surface area contributed by atoms with Gasteiger partial charge >= 0.3 is 0 Å². The van der Waals surface area contributed by atoms with Gasteiger partial charge in [-0.1, -0.05) is 0 Å². The molecule has 0 heterocycles. The lowest BCUT2D eigenvalue weighted by atomic mass is 10.9.